The van der Waals surface area contributed by atoms with Crippen LogP contribution >= 0.6 is 23.2 Å². The first-order valence-electron chi connectivity index (χ1n) is 10.4. The second-order valence-corrected chi connectivity index (χ2v) is 9.12. The molecule has 172 valence electrons. The van der Waals surface area contributed by atoms with E-state index in [-0.39, 0.29) is 27.9 Å². The molecular weight excluding hydrogens is 471 g/mol. The molecule has 33 heavy (non-hydrogen) atoms. The van der Waals surface area contributed by atoms with Crippen molar-refractivity contribution < 1.29 is 14.5 Å². The lowest BCUT2D eigenvalue weighted by Gasteiger charge is -2.48. The Hall–Kier alpha value is -2.88. The van der Waals surface area contributed by atoms with Gasteiger partial charge in [-0.05, 0) is 42.2 Å². The highest BCUT2D eigenvalue weighted by atomic mass is 35.5. The zero-order chi connectivity index (χ0) is 23.9. The van der Waals surface area contributed by atoms with E-state index in [2.05, 4.69) is 5.18 Å². The molecule has 1 fully saturated rings. The number of carbonyl (C=O) groups is 2. The van der Waals surface area contributed by atoms with Gasteiger partial charge in [-0.1, -0.05) is 42.1 Å². The molecule has 0 spiro atoms. The maximum atomic E-state index is 13.8. The summed E-state index contributed by atoms with van der Waals surface area (Å²) in [5.74, 6) is -2.79. The monoisotopic (exact) mass is 490 g/mol. The van der Waals surface area contributed by atoms with Crippen molar-refractivity contribution >= 4 is 40.7 Å². The lowest BCUT2D eigenvalue weighted by atomic mass is 9.76. The average molecular weight is 491 g/mol. The first kappa shape index (κ1) is 23.3. The predicted molar refractivity (Wildman–Crippen MR) is 122 cm³/mol. The number of fused-ring (bicyclic) bond motifs is 1. The van der Waals surface area contributed by atoms with E-state index in [9.17, 15) is 24.6 Å². The molecule has 0 unspecified atom stereocenters. The van der Waals surface area contributed by atoms with Crippen LogP contribution in [0.25, 0.3) is 0 Å². The van der Waals surface area contributed by atoms with Gasteiger partial charge in [-0.2, -0.15) is 0 Å². The van der Waals surface area contributed by atoms with E-state index >= 15 is 0 Å². The Labute approximate surface area is 199 Å². The molecule has 2 amide bonds. The smallest absolute Gasteiger partial charge is 0.296 e. The van der Waals surface area contributed by atoms with Crippen LogP contribution in [0.4, 0.5) is 5.69 Å². The second-order valence-electron chi connectivity index (χ2n) is 8.27. The Kier molecular flexibility index (Phi) is 6.47. The molecule has 4 rings (SSSR count). The van der Waals surface area contributed by atoms with Gasteiger partial charge < -0.3 is 10.6 Å². The number of amides is 2. The lowest BCUT2D eigenvalue weighted by molar-refractivity contribution is -0.384. The van der Waals surface area contributed by atoms with Gasteiger partial charge in [0.1, 0.15) is 0 Å². The largest absolute Gasteiger partial charge is 0.326 e. The first-order valence-corrected chi connectivity index (χ1v) is 11.2. The standard InChI is InChI=1S/C22H20Cl2N4O5/c23-11-5-7-14(16(24)9-11)20-19(21(29)26-31)15-10-12(28(32)33)6-8-13(15)22(30)27(20)18-4-2-1-3-17(18)25/h5-10,17-20H,1-4,25H2/t17-,18-,19+,20-/m0/s1. The number of rotatable bonds is 4. The van der Waals surface area contributed by atoms with Gasteiger partial charge in [0.15, 0.2) is 0 Å². The molecule has 0 radical (unpaired) electrons. The van der Waals surface area contributed by atoms with Crippen LogP contribution in [0, 0.1) is 15.0 Å². The van der Waals surface area contributed by atoms with Crippen LogP contribution < -0.4 is 5.73 Å². The molecule has 1 saturated carbocycles. The lowest BCUT2D eigenvalue weighted by Crippen LogP contribution is -2.56. The fraction of sp³-hybridized carbons (Fsp3) is 0.364. The Morgan fingerprint density at radius 3 is 2.48 bits per heavy atom. The molecule has 1 aliphatic carbocycles. The maximum Gasteiger partial charge on any atom is 0.296 e. The van der Waals surface area contributed by atoms with Gasteiger partial charge in [0.05, 0.1) is 16.9 Å². The fourth-order valence-electron chi connectivity index (χ4n) is 4.95. The van der Waals surface area contributed by atoms with E-state index < -0.39 is 34.7 Å². The Morgan fingerprint density at radius 2 is 1.85 bits per heavy atom. The SMILES string of the molecule is N[C@H]1CCCC[C@@H]1N1C(=O)c2ccc([N+](=O)[O-])cc2[C@@H](C(=O)N=O)[C@@H]1c1ccc(Cl)cc1Cl. The van der Waals surface area contributed by atoms with Crippen LogP contribution in [0.15, 0.2) is 41.6 Å². The number of hydrogen-bond acceptors (Lipinski definition) is 6. The molecule has 4 atom stereocenters. The quantitative estimate of drug-likeness (QED) is 0.373. The van der Waals surface area contributed by atoms with Crippen molar-refractivity contribution in [3.63, 3.8) is 0 Å². The van der Waals surface area contributed by atoms with Gasteiger partial charge in [-0.25, -0.2) is 0 Å². The summed E-state index contributed by atoms with van der Waals surface area (Å²) in [7, 11) is 0. The van der Waals surface area contributed by atoms with Gasteiger partial charge in [0, 0.05) is 45.0 Å². The third kappa shape index (κ3) is 4.12. The summed E-state index contributed by atoms with van der Waals surface area (Å²) in [6, 6.07) is 6.46. The summed E-state index contributed by atoms with van der Waals surface area (Å²) < 4.78 is 0. The molecule has 2 aliphatic rings. The highest BCUT2D eigenvalue weighted by molar-refractivity contribution is 6.35. The molecule has 0 saturated heterocycles. The van der Waals surface area contributed by atoms with E-state index in [0.717, 1.165) is 18.9 Å². The minimum atomic E-state index is -1.29. The van der Waals surface area contributed by atoms with Crippen LogP contribution in [-0.2, 0) is 4.79 Å². The number of hydrogen-bond donors (Lipinski definition) is 1. The van der Waals surface area contributed by atoms with Crippen LogP contribution in [0.1, 0.15) is 59.1 Å². The molecule has 2 N–H and O–H groups in total. The van der Waals surface area contributed by atoms with Gasteiger partial charge in [-0.15, -0.1) is 4.91 Å². The van der Waals surface area contributed by atoms with Crippen molar-refractivity contribution in [2.24, 2.45) is 10.9 Å². The van der Waals surface area contributed by atoms with Crippen LogP contribution in [0.3, 0.4) is 0 Å². The number of carbonyl (C=O) groups excluding carboxylic acids is 2. The number of nitro benzene ring substituents is 1. The van der Waals surface area contributed by atoms with E-state index in [4.69, 9.17) is 28.9 Å². The normalized spacial score (nSPS) is 24.8. The van der Waals surface area contributed by atoms with E-state index in [1.165, 1.54) is 23.1 Å². The van der Waals surface area contributed by atoms with Crippen molar-refractivity contribution in [2.45, 2.75) is 49.7 Å². The van der Waals surface area contributed by atoms with Crippen molar-refractivity contribution in [1.29, 1.82) is 0 Å². The minimum absolute atomic E-state index is 0.0652. The molecule has 2 aromatic rings. The van der Waals surface area contributed by atoms with Crippen molar-refractivity contribution in [2.75, 3.05) is 0 Å². The molecular formula is C22H20Cl2N4O5. The second kappa shape index (κ2) is 9.17. The summed E-state index contributed by atoms with van der Waals surface area (Å²) in [4.78, 5) is 50.4. The Balaban J connectivity index is 2.00. The number of benzene rings is 2. The minimum Gasteiger partial charge on any atom is -0.326 e. The third-order valence-corrected chi connectivity index (χ3v) is 7.00. The van der Waals surface area contributed by atoms with Crippen molar-refractivity contribution in [3.05, 3.63) is 78.2 Å². The highest BCUT2D eigenvalue weighted by Gasteiger charge is 2.49. The molecule has 0 aromatic heterocycles. The summed E-state index contributed by atoms with van der Waals surface area (Å²) >= 11 is 12.6. The Morgan fingerprint density at radius 1 is 1.12 bits per heavy atom. The van der Waals surface area contributed by atoms with Gasteiger partial charge in [0.25, 0.3) is 17.5 Å². The molecule has 9 nitrogen and oxygen atoms in total. The topological polar surface area (TPSA) is 136 Å². The van der Waals surface area contributed by atoms with E-state index in [1.54, 1.807) is 12.1 Å². The maximum absolute atomic E-state index is 13.8. The first-order chi connectivity index (χ1) is 15.7. The van der Waals surface area contributed by atoms with Crippen LogP contribution in [0.2, 0.25) is 10.0 Å². The van der Waals surface area contributed by atoms with Crippen LogP contribution in [-0.4, -0.2) is 33.7 Å². The van der Waals surface area contributed by atoms with Gasteiger partial charge >= 0.3 is 0 Å². The summed E-state index contributed by atoms with van der Waals surface area (Å²) in [5.41, 5.74) is 6.64. The number of non-ortho nitro benzene ring substituents is 1. The fourth-order valence-corrected chi connectivity index (χ4v) is 5.47. The summed E-state index contributed by atoms with van der Waals surface area (Å²) in [6.07, 6.45) is 3.04. The van der Waals surface area contributed by atoms with Gasteiger partial charge in [-0.3, -0.25) is 19.7 Å². The number of nitro groups is 1. The number of nitrogens with two attached hydrogens (primary N) is 1. The zero-order valence-electron chi connectivity index (χ0n) is 17.3. The van der Waals surface area contributed by atoms with E-state index in [0.29, 0.717) is 23.4 Å². The van der Waals surface area contributed by atoms with E-state index in [1.807, 2.05) is 0 Å². The number of halogens is 2. The average Bonchev–Trinajstić information content (AvgIpc) is 2.79. The summed E-state index contributed by atoms with van der Waals surface area (Å²) in [5, 5.41) is 14.6. The molecule has 2 aromatic carbocycles. The molecule has 1 aliphatic heterocycles. The van der Waals surface area contributed by atoms with Gasteiger partial charge in [0.2, 0.25) is 0 Å². The number of nitroso groups, excluding NO2 is 1. The zero-order valence-corrected chi connectivity index (χ0v) is 18.8. The Bertz CT molecular complexity index is 1160. The van der Waals surface area contributed by atoms with Crippen molar-refractivity contribution in [1.82, 2.24) is 4.90 Å². The molecule has 1 heterocycles. The number of nitrogens with zero attached hydrogens (tertiary/aromatic N) is 3. The molecule has 0 bridgehead atoms. The van der Waals surface area contributed by atoms with Crippen LogP contribution in [0.5, 0.6) is 0 Å². The predicted octanol–water partition coefficient (Wildman–Crippen LogP) is 4.75. The third-order valence-electron chi connectivity index (χ3n) is 6.44. The molecule has 11 heteroatoms. The highest BCUT2D eigenvalue weighted by Crippen LogP contribution is 2.48. The summed E-state index contributed by atoms with van der Waals surface area (Å²) in [6.45, 7) is 0. The van der Waals surface area contributed by atoms with Crippen molar-refractivity contribution in [3.8, 4) is 0 Å².